The van der Waals surface area contributed by atoms with E-state index in [-0.39, 0.29) is 5.92 Å². The highest BCUT2D eigenvalue weighted by Gasteiger charge is 2.35. The fourth-order valence-corrected chi connectivity index (χ4v) is 4.63. The Morgan fingerprint density at radius 1 is 1.47 bits per heavy atom. The number of aliphatic hydroxyl groups excluding tert-OH is 1. The van der Waals surface area contributed by atoms with Crippen molar-refractivity contribution >= 4 is 26.0 Å². The van der Waals surface area contributed by atoms with Gasteiger partial charge in [0.15, 0.2) is 0 Å². The van der Waals surface area contributed by atoms with Crippen molar-refractivity contribution in [2.24, 2.45) is 5.92 Å². The van der Waals surface area contributed by atoms with Crippen molar-refractivity contribution in [1.82, 2.24) is 4.31 Å². The van der Waals surface area contributed by atoms with Crippen molar-refractivity contribution < 1.29 is 13.5 Å². The van der Waals surface area contributed by atoms with Crippen LogP contribution in [0.4, 0.5) is 0 Å². The van der Waals surface area contributed by atoms with E-state index in [1.807, 2.05) is 6.07 Å². The molecule has 1 aromatic carbocycles. The second kappa shape index (κ2) is 5.52. The van der Waals surface area contributed by atoms with Crippen molar-refractivity contribution in [2.75, 3.05) is 13.1 Å². The topological polar surface area (TPSA) is 57.6 Å². The number of benzene rings is 1. The van der Waals surface area contributed by atoms with E-state index in [1.54, 1.807) is 26.0 Å². The van der Waals surface area contributed by atoms with Crippen LogP contribution in [0.15, 0.2) is 27.6 Å². The number of aryl methyl sites for hydroxylation is 1. The summed E-state index contributed by atoms with van der Waals surface area (Å²) in [5, 5.41) is 9.58. The van der Waals surface area contributed by atoms with Gasteiger partial charge in [0.05, 0.1) is 11.0 Å². The lowest BCUT2D eigenvalue weighted by molar-refractivity contribution is 0.133. The molecule has 2 atom stereocenters. The van der Waals surface area contributed by atoms with Gasteiger partial charge in [0.2, 0.25) is 10.0 Å². The molecule has 0 aliphatic carbocycles. The quantitative estimate of drug-likeness (QED) is 0.911. The zero-order chi connectivity index (χ0) is 14.2. The highest BCUT2D eigenvalue weighted by molar-refractivity contribution is 9.10. The summed E-state index contributed by atoms with van der Waals surface area (Å²) in [4.78, 5) is 0.341. The van der Waals surface area contributed by atoms with E-state index in [1.165, 1.54) is 4.31 Å². The summed E-state index contributed by atoms with van der Waals surface area (Å²) in [6, 6.07) is 5.26. The van der Waals surface area contributed by atoms with Gasteiger partial charge in [0.25, 0.3) is 0 Å². The standard InChI is InChI=1S/C13H18BrNO3S/c1-9-3-4-12(14)7-13(9)19(17,18)15-6-5-11(8-15)10(2)16/h3-4,7,10-11,16H,5-6,8H2,1-2H3. The summed E-state index contributed by atoms with van der Waals surface area (Å²) in [6.07, 6.45) is 0.244. The van der Waals surface area contributed by atoms with E-state index in [9.17, 15) is 13.5 Å². The van der Waals surface area contributed by atoms with Crippen LogP contribution in [0.25, 0.3) is 0 Å². The van der Waals surface area contributed by atoms with Crippen LogP contribution in [0.2, 0.25) is 0 Å². The Morgan fingerprint density at radius 2 is 2.16 bits per heavy atom. The molecule has 19 heavy (non-hydrogen) atoms. The molecule has 0 bridgehead atoms. The van der Waals surface area contributed by atoms with Gasteiger partial charge in [-0.15, -0.1) is 0 Å². The fourth-order valence-electron chi connectivity index (χ4n) is 2.36. The minimum Gasteiger partial charge on any atom is -0.393 e. The van der Waals surface area contributed by atoms with Gasteiger partial charge in [-0.2, -0.15) is 4.31 Å². The fraction of sp³-hybridized carbons (Fsp3) is 0.538. The van der Waals surface area contributed by atoms with Crippen LogP contribution in [0.3, 0.4) is 0 Å². The lowest BCUT2D eigenvalue weighted by Crippen LogP contribution is -2.31. The first-order valence-corrected chi connectivity index (χ1v) is 8.50. The number of aliphatic hydroxyl groups is 1. The number of hydrogen-bond donors (Lipinski definition) is 1. The maximum Gasteiger partial charge on any atom is 0.243 e. The molecule has 6 heteroatoms. The molecule has 106 valence electrons. The molecule has 4 nitrogen and oxygen atoms in total. The molecule has 2 unspecified atom stereocenters. The lowest BCUT2D eigenvalue weighted by atomic mass is 10.0. The predicted molar refractivity (Wildman–Crippen MR) is 77.4 cm³/mol. The first-order chi connectivity index (χ1) is 8.82. The van der Waals surface area contributed by atoms with E-state index in [4.69, 9.17) is 0 Å². The zero-order valence-corrected chi connectivity index (χ0v) is 13.4. The number of nitrogens with zero attached hydrogens (tertiary/aromatic N) is 1. The normalized spacial score (nSPS) is 22.6. The van der Waals surface area contributed by atoms with Crippen molar-refractivity contribution in [1.29, 1.82) is 0 Å². The maximum atomic E-state index is 12.6. The van der Waals surface area contributed by atoms with Crippen molar-refractivity contribution in [3.05, 3.63) is 28.2 Å². The molecule has 1 aliphatic heterocycles. The molecule has 2 rings (SSSR count). The number of halogens is 1. The average Bonchev–Trinajstić information content (AvgIpc) is 2.82. The summed E-state index contributed by atoms with van der Waals surface area (Å²) in [6.45, 7) is 4.38. The Hall–Kier alpha value is -0.430. The van der Waals surface area contributed by atoms with Gasteiger partial charge in [-0.05, 0) is 43.9 Å². The van der Waals surface area contributed by atoms with Crippen molar-refractivity contribution in [3.8, 4) is 0 Å². The molecule has 0 spiro atoms. The summed E-state index contributed by atoms with van der Waals surface area (Å²) in [7, 11) is -3.47. The van der Waals surface area contributed by atoms with Crippen molar-refractivity contribution in [2.45, 2.75) is 31.3 Å². The Bertz CT molecular complexity index is 571. The minimum absolute atomic E-state index is 0.0298. The van der Waals surface area contributed by atoms with Gasteiger partial charge in [-0.3, -0.25) is 0 Å². The molecule has 1 N–H and O–H groups in total. The Morgan fingerprint density at radius 3 is 2.74 bits per heavy atom. The second-order valence-electron chi connectivity index (χ2n) is 5.06. The molecule has 1 heterocycles. The number of sulfonamides is 1. The van der Waals surface area contributed by atoms with Gasteiger partial charge < -0.3 is 5.11 Å². The number of hydrogen-bond acceptors (Lipinski definition) is 3. The van der Waals surface area contributed by atoms with E-state index in [0.717, 1.165) is 10.0 Å². The first-order valence-electron chi connectivity index (χ1n) is 6.26. The molecule has 1 saturated heterocycles. The highest BCUT2D eigenvalue weighted by atomic mass is 79.9. The third kappa shape index (κ3) is 3.02. The molecular formula is C13H18BrNO3S. The largest absolute Gasteiger partial charge is 0.393 e. The van der Waals surface area contributed by atoms with Crippen LogP contribution < -0.4 is 0 Å². The molecule has 1 aliphatic rings. The molecule has 0 amide bonds. The van der Waals surface area contributed by atoms with E-state index in [0.29, 0.717) is 24.4 Å². The summed E-state index contributed by atoms with van der Waals surface area (Å²) >= 11 is 3.31. The zero-order valence-electron chi connectivity index (χ0n) is 11.0. The van der Waals surface area contributed by atoms with Crippen LogP contribution in [0.5, 0.6) is 0 Å². The SMILES string of the molecule is Cc1ccc(Br)cc1S(=O)(=O)N1CCC(C(C)O)C1. The van der Waals surface area contributed by atoms with Crippen LogP contribution in [0.1, 0.15) is 18.9 Å². The van der Waals surface area contributed by atoms with E-state index >= 15 is 0 Å². The van der Waals surface area contributed by atoms with Gasteiger partial charge >= 0.3 is 0 Å². The summed E-state index contributed by atoms with van der Waals surface area (Å²) in [5.41, 5.74) is 0.740. The number of rotatable bonds is 3. The van der Waals surface area contributed by atoms with Gasteiger partial charge in [0.1, 0.15) is 0 Å². The summed E-state index contributed by atoms with van der Waals surface area (Å²) in [5.74, 6) is 0.0298. The first kappa shape index (κ1) is 15.0. The predicted octanol–water partition coefficient (Wildman–Crippen LogP) is 2.15. The van der Waals surface area contributed by atoms with Crippen LogP contribution in [0, 0.1) is 12.8 Å². The third-order valence-electron chi connectivity index (χ3n) is 3.64. The Labute approximate surface area is 122 Å². The molecule has 0 saturated carbocycles. The molecule has 0 aromatic heterocycles. The van der Waals surface area contributed by atoms with Crippen molar-refractivity contribution in [3.63, 3.8) is 0 Å². The average molecular weight is 348 g/mol. The highest BCUT2D eigenvalue weighted by Crippen LogP contribution is 2.29. The van der Waals surface area contributed by atoms with Gasteiger partial charge in [0, 0.05) is 17.6 Å². The van der Waals surface area contributed by atoms with Crippen LogP contribution >= 0.6 is 15.9 Å². The van der Waals surface area contributed by atoms with E-state index < -0.39 is 16.1 Å². The van der Waals surface area contributed by atoms with Gasteiger partial charge in [-0.25, -0.2) is 8.42 Å². The van der Waals surface area contributed by atoms with Crippen LogP contribution in [-0.4, -0.2) is 37.0 Å². The maximum absolute atomic E-state index is 12.6. The molecule has 1 aromatic rings. The Kier molecular flexibility index (Phi) is 4.35. The van der Waals surface area contributed by atoms with Crippen LogP contribution in [-0.2, 0) is 10.0 Å². The van der Waals surface area contributed by atoms with Gasteiger partial charge in [-0.1, -0.05) is 22.0 Å². The third-order valence-corrected chi connectivity index (χ3v) is 6.14. The molecule has 1 fully saturated rings. The lowest BCUT2D eigenvalue weighted by Gasteiger charge is -2.19. The van der Waals surface area contributed by atoms with E-state index in [2.05, 4.69) is 15.9 Å². The monoisotopic (exact) mass is 347 g/mol. The Balaban J connectivity index is 2.31. The second-order valence-corrected chi connectivity index (χ2v) is 7.88. The molecular weight excluding hydrogens is 330 g/mol. The summed E-state index contributed by atoms with van der Waals surface area (Å²) < 4.78 is 27.4. The smallest absolute Gasteiger partial charge is 0.243 e. The minimum atomic E-state index is -3.47. The molecule has 0 radical (unpaired) electrons.